The molecule has 168 valence electrons. The molecule has 0 aliphatic rings. The molecule has 6 nitrogen and oxygen atoms in total. The molecular weight excluding hydrogens is 432 g/mol. The van der Waals surface area contributed by atoms with Gasteiger partial charge in [-0.05, 0) is 76.8 Å². The van der Waals surface area contributed by atoms with E-state index in [2.05, 4.69) is 21.7 Å². The first kappa shape index (κ1) is 22.5. The summed E-state index contributed by atoms with van der Waals surface area (Å²) in [6.07, 6.45) is 3.85. The van der Waals surface area contributed by atoms with E-state index in [1.807, 2.05) is 47.5 Å². The van der Waals surface area contributed by atoms with Crippen molar-refractivity contribution in [2.24, 2.45) is 0 Å². The third-order valence-corrected chi connectivity index (χ3v) is 6.01. The monoisotopic (exact) mass is 458 g/mol. The van der Waals surface area contributed by atoms with Crippen molar-refractivity contribution >= 4 is 23.1 Å². The van der Waals surface area contributed by atoms with E-state index in [4.69, 9.17) is 4.98 Å². The normalized spacial score (nSPS) is 10.7. The lowest BCUT2D eigenvalue weighted by Crippen LogP contribution is -2.31. The minimum absolute atomic E-state index is 0.0870. The molecule has 4 aromatic rings. The second-order valence-electron chi connectivity index (χ2n) is 7.63. The lowest BCUT2D eigenvalue weighted by atomic mass is 10.1. The molecule has 0 unspecified atom stereocenters. The predicted molar refractivity (Wildman–Crippen MR) is 133 cm³/mol. The zero-order valence-corrected chi connectivity index (χ0v) is 19.3. The van der Waals surface area contributed by atoms with Crippen molar-refractivity contribution in [1.82, 2.24) is 14.9 Å². The number of rotatable bonds is 9. The van der Waals surface area contributed by atoms with Crippen LogP contribution in [0.25, 0.3) is 22.4 Å². The van der Waals surface area contributed by atoms with Crippen molar-refractivity contribution in [3.8, 4) is 28.1 Å². The van der Waals surface area contributed by atoms with Gasteiger partial charge >= 0.3 is 0 Å². The minimum Gasteiger partial charge on any atom is -0.508 e. The van der Waals surface area contributed by atoms with Gasteiger partial charge in [-0.3, -0.25) is 9.78 Å². The van der Waals surface area contributed by atoms with Crippen molar-refractivity contribution < 1.29 is 9.90 Å². The van der Waals surface area contributed by atoms with Gasteiger partial charge in [0.05, 0.1) is 5.69 Å². The van der Waals surface area contributed by atoms with Gasteiger partial charge in [-0.1, -0.05) is 12.1 Å². The predicted octanol–water partition coefficient (Wildman–Crippen LogP) is 5.43. The fraction of sp³-hybridized carbons (Fsp3) is 0.192. The summed E-state index contributed by atoms with van der Waals surface area (Å²) in [5, 5.41) is 17.3. The van der Waals surface area contributed by atoms with Gasteiger partial charge in [0.2, 0.25) is 5.91 Å². The largest absolute Gasteiger partial charge is 0.508 e. The van der Waals surface area contributed by atoms with E-state index in [0.29, 0.717) is 31.9 Å². The Morgan fingerprint density at radius 3 is 2.64 bits per heavy atom. The molecule has 1 amide bonds. The average Bonchev–Trinajstić information content (AvgIpc) is 3.38. The fourth-order valence-corrected chi connectivity index (χ4v) is 4.24. The molecule has 0 aliphatic heterocycles. The number of nitrogens with zero attached hydrogens (tertiary/aromatic N) is 3. The molecule has 3 aromatic heterocycles. The highest BCUT2D eigenvalue weighted by Crippen LogP contribution is 2.30. The number of pyridine rings is 2. The van der Waals surface area contributed by atoms with Crippen LogP contribution in [0.2, 0.25) is 0 Å². The quantitative estimate of drug-likeness (QED) is 0.350. The van der Waals surface area contributed by atoms with Crippen LogP contribution in [0.5, 0.6) is 5.75 Å². The summed E-state index contributed by atoms with van der Waals surface area (Å²) in [5.41, 5.74) is 4.80. The molecule has 0 spiro atoms. The number of amides is 1. The second-order valence-corrected chi connectivity index (χ2v) is 8.41. The zero-order chi connectivity index (χ0) is 23.0. The molecular formula is C26H26N4O2S. The van der Waals surface area contributed by atoms with E-state index in [0.717, 1.165) is 27.9 Å². The van der Waals surface area contributed by atoms with Crippen LogP contribution in [0.4, 0.5) is 5.82 Å². The standard InChI is InChI=1S/C26H26N4O2S/c1-2-30(17-19-6-10-27-11-7-19)26(32)8-12-28-25-16-22(21-9-13-33-18-21)15-24(29-25)20-4-3-5-23(31)14-20/h3-7,9-11,13-16,18,31H,2,8,12,17H2,1H3,(H,28,29). The lowest BCUT2D eigenvalue weighted by Gasteiger charge is -2.21. The maximum atomic E-state index is 12.8. The van der Waals surface area contributed by atoms with Crippen LogP contribution in [0, 0.1) is 0 Å². The molecule has 0 atom stereocenters. The molecule has 2 N–H and O–H groups in total. The summed E-state index contributed by atoms with van der Waals surface area (Å²) in [6.45, 7) is 3.69. The first-order valence-corrected chi connectivity index (χ1v) is 11.8. The van der Waals surface area contributed by atoms with Crippen LogP contribution >= 0.6 is 11.3 Å². The molecule has 1 aromatic carbocycles. The third kappa shape index (κ3) is 5.96. The van der Waals surface area contributed by atoms with Crippen molar-refractivity contribution in [3.63, 3.8) is 0 Å². The Labute approximate surface area is 197 Å². The number of aromatic hydroxyl groups is 1. The Hall–Kier alpha value is -3.71. The molecule has 0 saturated carbocycles. The van der Waals surface area contributed by atoms with Crippen LogP contribution in [0.15, 0.2) is 77.8 Å². The average molecular weight is 459 g/mol. The number of anilines is 1. The van der Waals surface area contributed by atoms with Gasteiger partial charge in [0, 0.05) is 44.0 Å². The molecule has 0 bridgehead atoms. The van der Waals surface area contributed by atoms with Gasteiger partial charge in [0.15, 0.2) is 0 Å². The van der Waals surface area contributed by atoms with Crippen LogP contribution < -0.4 is 5.32 Å². The summed E-state index contributed by atoms with van der Waals surface area (Å²) in [4.78, 5) is 23.4. The summed E-state index contributed by atoms with van der Waals surface area (Å²) in [6, 6.07) is 17.0. The molecule has 33 heavy (non-hydrogen) atoms. The number of phenolic OH excluding ortho intramolecular Hbond substituents is 1. The van der Waals surface area contributed by atoms with Crippen LogP contribution in [-0.2, 0) is 11.3 Å². The van der Waals surface area contributed by atoms with Crippen LogP contribution in [0.1, 0.15) is 18.9 Å². The van der Waals surface area contributed by atoms with E-state index in [9.17, 15) is 9.90 Å². The molecule has 0 saturated heterocycles. The lowest BCUT2D eigenvalue weighted by molar-refractivity contribution is -0.131. The Kier molecular flexibility index (Phi) is 7.32. The number of nitrogens with one attached hydrogen (secondary N) is 1. The number of carbonyl (C=O) groups excluding carboxylic acids is 1. The Bertz CT molecular complexity index is 1200. The summed E-state index contributed by atoms with van der Waals surface area (Å²) in [7, 11) is 0. The highest BCUT2D eigenvalue weighted by atomic mass is 32.1. The topological polar surface area (TPSA) is 78.4 Å². The number of benzene rings is 1. The molecule has 7 heteroatoms. The Balaban J connectivity index is 1.47. The summed E-state index contributed by atoms with van der Waals surface area (Å²) >= 11 is 1.64. The maximum absolute atomic E-state index is 12.8. The van der Waals surface area contributed by atoms with E-state index in [-0.39, 0.29) is 11.7 Å². The number of carbonyl (C=O) groups is 1. The van der Waals surface area contributed by atoms with Gasteiger partial charge in [-0.25, -0.2) is 4.98 Å². The molecule has 4 rings (SSSR count). The highest BCUT2D eigenvalue weighted by Gasteiger charge is 2.13. The van der Waals surface area contributed by atoms with Gasteiger partial charge < -0.3 is 15.3 Å². The smallest absolute Gasteiger partial charge is 0.224 e. The maximum Gasteiger partial charge on any atom is 0.224 e. The summed E-state index contributed by atoms with van der Waals surface area (Å²) < 4.78 is 0. The van der Waals surface area contributed by atoms with Crippen molar-refractivity contribution in [2.75, 3.05) is 18.4 Å². The third-order valence-electron chi connectivity index (χ3n) is 5.32. The van der Waals surface area contributed by atoms with Crippen LogP contribution in [0.3, 0.4) is 0 Å². The SMILES string of the molecule is CCN(Cc1ccncc1)C(=O)CCNc1cc(-c2ccsc2)cc(-c2cccc(O)c2)n1. The number of thiophene rings is 1. The van der Waals surface area contributed by atoms with Crippen molar-refractivity contribution in [3.05, 3.63) is 83.3 Å². The second kappa shape index (κ2) is 10.7. The Morgan fingerprint density at radius 1 is 1.06 bits per heavy atom. The molecule has 0 fully saturated rings. The number of hydrogen-bond acceptors (Lipinski definition) is 6. The highest BCUT2D eigenvalue weighted by molar-refractivity contribution is 7.08. The zero-order valence-electron chi connectivity index (χ0n) is 18.4. The number of phenols is 1. The molecule has 0 aliphatic carbocycles. The number of aromatic nitrogens is 2. The minimum atomic E-state index is 0.0870. The first-order valence-electron chi connectivity index (χ1n) is 10.9. The van der Waals surface area contributed by atoms with Crippen molar-refractivity contribution in [2.45, 2.75) is 19.9 Å². The first-order chi connectivity index (χ1) is 16.1. The van der Waals surface area contributed by atoms with Gasteiger partial charge in [-0.15, -0.1) is 0 Å². The van der Waals surface area contributed by atoms with E-state index in [1.54, 1.807) is 41.9 Å². The van der Waals surface area contributed by atoms with E-state index in [1.165, 1.54) is 0 Å². The van der Waals surface area contributed by atoms with E-state index >= 15 is 0 Å². The van der Waals surface area contributed by atoms with Crippen LogP contribution in [-0.4, -0.2) is 39.0 Å². The van der Waals surface area contributed by atoms with Gasteiger partial charge in [0.1, 0.15) is 11.6 Å². The Morgan fingerprint density at radius 2 is 1.91 bits per heavy atom. The van der Waals surface area contributed by atoms with E-state index < -0.39 is 0 Å². The number of hydrogen-bond donors (Lipinski definition) is 2. The van der Waals surface area contributed by atoms with Gasteiger partial charge in [0.25, 0.3) is 0 Å². The van der Waals surface area contributed by atoms with Crippen molar-refractivity contribution in [1.29, 1.82) is 0 Å². The van der Waals surface area contributed by atoms with Gasteiger partial charge in [-0.2, -0.15) is 11.3 Å². The summed E-state index contributed by atoms with van der Waals surface area (Å²) in [5.74, 6) is 0.982. The molecule has 3 heterocycles. The fourth-order valence-electron chi connectivity index (χ4n) is 3.57. The molecule has 0 radical (unpaired) electrons.